The van der Waals surface area contributed by atoms with E-state index in [-0.39, 0.29) is 0 Å². The Balaban J connectivity index is 1.91. The van der Waals surface area contributed by atoms with Crippen LogP contribution >= 0.6 is 0 Å². The summed E-state index contributed by atoms with van der Waals surface area (Å²) in [6.07, 6.45) is 6.98. The normalized spacial score (nSPS) is 12.8. The zero-order chi connectivity index (χ0) is 13.4. The van der Waals surface area contributed by atoms with E-state index in [2.05, 4.69) is 20.2 Å². The van der Waals surface area contributed by atoms with Crippen LogP contribution in [0.4, 0.5) is 0 Å². The average Bonchev–Trinajstić information content (AvgIpc) is 3.08. The molecule has 0 amide bonds. The van der Waals surface area contributed by atoms with Crippen molar-refractivity contribution in [3.05, 3.63) is 36.2 Å². The molecule has 3 rings (SSSR count). The quantitative estimate of drug-likeness (QED) is 0.723. The monoisotopic (exact) mass is 259 g/mol. The predicted molar refractivity (Wildman–Crippen MR) is 65.7 cm³/mol. The second-order valence-electron chi connectivity index (χ2n) is 4.24. The number of aryl methyl sites for hydroxylation is 2. The van der Waals surface area contributed by atoms with Gasteiger partial charge in [-0.05, 0) is 0 Å². The highest BCUT2D eigenvalue weighted by molar-refractivity contribution is 5.42. The number of aromatic nitrogens is 6. The second kappa shape index (κ2) is 4.32. The number of hydrogen-bond acceptors (Lipinski definition) is 6. The van der Waals surface area contributed by atoms with Gasteiger partial charge in [0.2, 0.25) is 11.7 Å². The van der Waals surface area contributed by atoms with Gasteiger partial charge in [-0.1, -0.05) is 5.16 Å². The summed E-state index contributed by atoms with van der Waals surface area (Å²) in [6.45, 7) is 0. The minimum Gasteiger partial charge on any atom is -0.337 e. The molecule has 3 aromatic heterocycles. The zero-order valence-electron chi connectivity index (χ0n) is 10.6. The lowest BCUT2D eigenvalue weighted by atomic mass is 10.2. The summed E-state index contributed by atoms with van der Waals surface area (Å²) >= 11 is 0. The molecule has 1 atom stereocenters. The first-order chi connectivity index (χ1) is 9.15. The fourth-order valence-corrected chi connectivity index (χ4v) is 1.78. The Morgan fingerprint density at radius 1 is 1.37 bits per heavy atom. The maximum Gasteiger partial charge on any atom is 0.248 e. The number of hydrogen-bond donors (Lipinski definition) is 1. The molecule has 3 heterocycles. The van der Waals surface area contributed by atoms with Gasteiger partial charge < -0.3 is 14.8 Å². The van der Waals surface area contributed by atoms with Crippen LogP contribution in [0.1, 0.15) is 17.5 Å². The number of rotatable bonds is 3. The van der Waals surface area contributed by atoms with Crippen LogP contribution in [0.3, 0.4) is 0 Å². The molecule has 2 N–H and O–H groups in total. The van der Waals surface area contributed by atoms with Crippen LogP contribution < -0.4 is 5.73 Å². The lowest BCUT2D eigenvalue weighted by Gasteiger charge is -2.01. The number of imidazole rings is 1. The molecule has 19 heavy (non-hydrogen) atoms. The summed E-state index contributed by atoms with van der Waals surface area (Å²) in [6, 6.07) is -0.491. The number of nitrogens with zero attached hydrogens (tertiary/aromatic N) is 6. The highest BCUT2D eigenvalue weighted by Gasteiger charge is 2.20. The van der Waals surface area contributed by atoms with Gasteiger partial charge in [-0.25, -0.2) is 4.98 Å². The summed E-state index contributed by atoms with van der Waals surface area (Å²) in [5.41, 5.74) is 6.87. The molecule has 0 fully saturated rings. The third-order valence-corrected chi connectivity index (χ3v) is 2.81. The minimum absolute atomic E-state index is 0.339. The van der Waals surface area contributed by atoms with E-state index in [4.69, 9.17) is 10.3 Å². The van der Waals surface area contributed by atoms with E-state index >= 15 is 0 Å². The van der Waals surface area contributed by atoms with E-state index < -0.39 is 6.04 Å². The van der Waals surface area contributed by atoms with Crippen molar-refractivity contribution in [2.75, 3.05) is 0 Å². The summed E-state index contributed by atoms with van der Waals surface area (Å²) in [5.74, 6) is 1.39. The van der Waals surface area contributed by atoms with Crippen molar-refractivity contribution in [3.8, 4) is 11.6 Å². The van der Waals surface area contributed by atoms with Gasteiger partial charge in [0.15, 0.2) is 5.82 Å². The van der Waals surface area contributed by atoms with Crippen LogP contribution in [-0.2, 0) is 14.1 Å². The first-order valence-corrected chi connectivity index (χ1v) is 5.70. The zero-order valence-corrected chi connectivity index (χ0v) is 10.6. The molecule has 0 radical (unpaired) electrons. The van der Waals surface area contributed by atoms with E-state index in [0.29, 0.717) is 17.5 Å². The minimum atomic E-state index is -0.491. The van der Waals surface area contributed by atoms with E-state index in [0.717, 1.165) is 5.56 Å². The van der Waals surface area contributed by atoms with Crippen LogP contribution in [0.2, 0.25) is 0 Å². The third kappa shape index (κ3) is 2.02. The molecule has 0 bridgehead atoms. The Morgan fingerprint density at radius 3 is 2.84 bits per heavy atom. The Morgan fingerprint density at radius 2 is 2.21 bits per heavy atom. The Labute approximate surface area is 108 Å². The van der Waals surface area contributed by atoms with Gasteiger partial charge >= 0.3 is 0 Å². The fourth-order valence-electron chi connectivity index (χ4n) is 1.78. The van der Waals surface area contributed by atoms with E-state index in [9.17, 15) is 0 Å². The molecule has 0 saturated carbocycles. The Kier molecular flexibility index (Phi) is 2.64. The summed E-state index contributed by atoms with van der Waals surface area (Å²) < 4.78 is 8.67. The van der Waals surface area contributed by atoms with Crippen molar-refractivity contribution < 1.29 is 4.52 Å². The summed E-state index contributed by atoms with van der Waals surface area (Å²) in [4.78, 5) is 8.43. The molecule has 8 nitrogen and oxygen atoms in total. The van der Waals surface area contributed by atoms with E-state index in [1.54, 1.807) is 17.1 Å². The number of nitrogens with two attached hydrogens (primary N) is 1. The van der Waals surface area contributed by atoms with Gasteiger partial charge in [0.25, 0.3) is 0 Å². The molecule has 0 spiro atoms. The summed E-state index contributed by atoms with van der Waals surface area (Å²) in [7, 11) is 3.68. The molecule has 8 heteroatoms. The molecule has 3 aromatic rings. The van der Waals surface area contributed by atoms with Gasteiger partial charge in [0.1, 0.15) is 6.04 Å². The van der Waals surface area contributed by atoms with Gasteiger partial charge in [0.05, 0.1) is 6.20 Å². The Hall–Kier alpha value is -2.48. The summed E-state index contributed by atoms with van der Waals surface area (Å²) in [5, 5.41) is 7.96. The standard InChI is InChI=1S/C11H13N7O/c1-17-4-3-13-10(17)9-15-11(19-16-9)8(12)7-5-14-18(2)6-7/h3-6,8H,12H2,1-2H3. The van der Waals surface area contributed by atoms with Gasteiger partial charge in [-0.2, -0.15) is 10.1 Å². The second-order valence-corrected chi connectivity index (χ2v) is 4.24. The highest BCUT2D eigenvalue weighted by atomic mass is 16.5. The van der Waals surface area contributed by atoms with Gasteiger partial charge in [0, 0.05) is 38.2 Å². The van der Waals surface area contributed by atoms with Crippen molar-refractivity contribution in [3.63, 3.8) is 0 Å². The van der Waals surface area contributed by atoms with Crippen LogP contribution in [0.25, 0.3) is 11.6 Å². The van der Waals surface area contributed by atoms with Crippen LogP contribution in [0.15, 0.2) is 29.3 Å². The highest BCUT2D eigenvalue weighted by Crippen LogP contribution is 2.20. The maximum absolute atomic E-state index is 6.06. The van der Waals surface area contributed by atoms with Crippen LogP contribution in [-0.4, -0.2) is 29.5 Å². The van der Waals surface area contributed by atoms with Gasteiger partial charge in [-0.3, -0.25) is 4.68 Å². The van der Waals surface area contributed by atoms with Gasteiger partial charge in [-0.15, -0.1) is 0 Å². The first-order valence-electron chi connectivity index (χ1n) is 5.70. The molecule has 0 aliphatic rings. The van der Waals surface area contributed by atoms with Crippen molar-refractivity contribution in [2.45, 2.75) is 6.04 Å². The van der Waals surface area contributed by atoms with E-state index in [1.807, 2.05) is 31.1 Å². The van der Waals surface area contributed by atoms with Crippen molar-refractivity contribution in [1.82, 2.24) is 29.5 Å². The Bertz CT molecular complexity index is 695. The predicted octanol–water partition coefficient (Wildman–Crippen LogP) is 0.252. The van der Waals surface area contributed by atoms with Crippen molar-refractivity contribution >= 4 is 0 Å². The SMILES string of the molecule is Cn1cc(C(N)c2nc(-c3nccn3C)no2)cn1. The van der Waals surface area contributed by atoms with E-state index in [1.165, 1.54) is 0 Å². The molecule has 0 aliphatic carbocycles. The third-order valence-electron chi connectivity index (χ3n) is 2.81. The first kappa shape index (κ1) is 11.6. The molecule has 1 unspecified atom stereocenters. The smallest absolute Gasteiger partial charge is 0.248 e. The molecule has 0 saturated heterocycles. The molecule has 0 aromatic carbocycles. The molecular formula is C11H13N7O. The average molecular weight is 259 g/mol. The topological polar surface area (TPSA) is 101 Å². The molecule has 98 valence electrons. The maximum atomic E-state index is 6.06. The fraction of sp³-hybridized carbons (Fsp3) is 0.273. The van der Waals surface area contributed by atoms with Crippen LogP contribution in [0.5, 0.6) is 0 Å². The van der Waals surface area contributed by atoms with Crippen molar-refractivity contribution in [1.29, 1.82) is 0 Å². The molecule has 0 aliphatic heterocycles. The van der Waals surface area contributed by atoms with Crippen LogP contribution in [0, 0.1) is 0 Å². The molecular weight excluding hydrogens is 246 g/mol. The largest absolute Gasteiger partial charge is 0.337 e. The lowest BCUT2D eigenvalue weighted by molar-refractivity contribution is 0.367. The lowest BCUT2D eigenvalue weighted by Crippen LogP contribution is -2.11. The van der Waals surface area contributed by atoms with Crippen molar-refractivity contribution in [2.24, 2.45) is 19.8 Å².